The standard InChI is InChI=1S/C29H37N5O3S/c1-19-14-22(6-8-26(19)32-10-12-33(13-11-32)29(36)37-5)30-28(35)25-18-38-27-9-7-23(15-24(25)27)34-16-20(2)31(4)21(3)17-34/h6-9,14-15,18,20-21H,10-13,16-17H2,1-5H3,(H,30,35)/t20-,21+. The Morgan fingerprint density at radius 3 is 2.34 bits per heavy atom. The van der Waals surface area contributed by atoms with E-state index in [1.165, 1.54) is 12.8 Å². The van der Waals surface area contributed by atoms with Crippen LogP contribution in [0.5, 0.6) is 0 Å². The van der Waals surface area contributed by atoms with E-state index in [1.807, 2.05) is 17.5 Å². The molecule has 9 heteroatoms. The number of hydrogen-bond donors (Lipinski definition) is 1. The summed E-state index contributed by atoms with van der Waals surface area (Å²) in [5.41, 5.74) is 4.87. The molecule has 8 nitrogen and oxygen atoms in total. The summed E-state index contributed by atoms with van der Waals surface area (Å²) >= 11 is 1.61. The number of carbonyl (C=O) groups excluding carboxylic acids is 2. The lowest BCUT2D eigenvalue weighted by Gasteiger charge is -2.43. The van der Waals surface area contributed by atoms with E-state index < -0.39 is 0 Å². The highest BCUT2D eigenvalue weighted by Gasteiger charge is 2.27. The number of aryl methyl sites for hydroxylation is 1. The molecule has 1 aromatic heterocycles. The van der Waals surface area contributed by atoms with Gasteiger partial charge in [0.05, 0.1) is 12.7 Å². The fourth-order valence-electron chi connectivity index (χ4n) is 5.55. The largest absolute Gasteiger partial charge is 0.453 e. The molecule has 202 valence electrons. The topological polar surface area (TPSA) is 68.4 Å². The van der Waals surface area contributed by atoms with Crippen LogP contribution in [0.1, 0.15) is 29.8 Å². The highest BCUT2D eigenvalue weighted by atomic mass is 32.1. The predicted octanol–water partition coefficient (Wildman–Crippen LogP) is 4.88. The first-order chi connectivity index (χ1) is 18.2. The number of amides is 2. The number of nitrogens with zero attached hydrogens (tertiary/aromatic N) is 4. The molecule has 0 aliphatic carbocycles. The van der Waals surface area contributed by atoms with Crippen molar-refractivity contribution in [2.45, 2.75) is 32.9 Å². The molecule has 3 aromatic rings. The van der Waals surface area contributed by atoms with E-state index in [-0.39, 0.29) is 12.0 Å². The summed E-state index contributed by atoms with van der Waals surface area (Å²) in [5, 5.41) is 6.08. The van der Waals surface area contributed by atoms with Crippen molar-refractivity contribution in [1.82, 2.24) is 9.80 Å². The lowest BCUT2D eigenvalue weighted by Crippen LogP contribution is -2.55. The van der Waals surface area contributed by atoms with Gasteiger partial charge in [-0.2, -0.15) is 0 Å². The highest BCUT2D eigenvalue weighted by molar-refractivity contribution is 7.17. The zero-order valence-corrected chi connectivity index (χ0v) is 23.7. The molecule has 2 atom stereocenters. The summed E-state index contributed by atoms with van der Waals surface area (Å²) in [6, 6.07) is 13.5. The van der Waals surface area contributed by atoms with Crippen molar-refractivity contribution in [3.63, 3.8) is 0 Å². The highest BCUT2D eigenvalue weighted by Crippen LogP contribution is 2.32. The number of thiophene rings is 1. The molecule has 0 unspecified atom stereocenters. The molecule has 5 rings (SSSR count). The number of fused-ring (bicyclic) bond motifs is 1. The SMILES string of the molecule is COC(=O)N1CCN(c2ccc(NC(=O)c3csc4ccc(N5C[C@@H](C)N(C)[C@@H](C)C5)cc34)cc2C)CC1. The second-order valence-electron chi connectivity index (χ2n) is 10.5. The van der Waals surface area contributed by atoms with Crippen LogP contribution in [0, 0.1) is 6.92 Å². The van der Waals surface area contributed by atoms with Crippen LogP contribution in [-0.4, -0.2) is 87.3 Å². The van der Waals surface area contributed by atoms with Gasteiger partial charge < -0.3 is 24.8 Å². The van der Waals surface area contributed by atoms with Crippen LogP contribution in [0.2, 0.25) is 0 Å². The molecular formula is C29H37N5O3S. The number of benzene rings is 2. The smallest absolute Gasteiger partial charge is 0.409 e. The summed E-state index contributed by atoms with van der Waals surface area (Å²) in [6.07, 6.45) is -0.278. The number of ether oxygens (including phenoxy) is 1. The Morgan fingerprint density at radius 2 is 1.68 bits per heavy atom. The number of methoxy groups -OCH3 is 1. The van der Waals surface area contributed by atoms with Gasteiger partial charge >= 0.3 is 6.09 Å². The first kappa shape index (κ1) is 26.3. The van der Waals surface area contributed by atoms with Crippen molar-refractivity contribution in [3.05, 3.63) is 52.9 Å². The lowest BCUT2D eigenvalue weighted by atomic mass is 10.1. The Kier molecular flexibility index (Phi) is 7.49. The van der Waals surface area contributed by atoms with Crippen LogP contribution in [-0.2, 0) is 4.74 Å². The maximum Gasteiger partial charge on any atom is 0.409 e. The van der Waals surface area contributed by atoms with Crippen LogP contribution in [0.15, 0.2) is 41.8 Å². The molecule has 3 heterocycles. The fraction of sp³-hybridized carbons (Fsp3) is 0.448. The molecule has 0 spiro atoms. The quantitative estimate of drug-likeness (QED) is 0.514. The molecular weight excluding hydrogens is 498 g/mol. The molecule has 2 saturated heterocycles. The Morgan fingerprint density at radius 1 is 0.974 bits per heavy atom. The van der Waals surface area contributed by atoms with E-state index in [0.29, 0.717) is 30.7 Å². The molecule has 0 saturated carbocycles. The van der Waals surface area contributed by atoms with Gasteiger partial charge in [-0.25, -0.2) is 4.79 Å². The number of hydrogen-bond acceptors (Lipinski definition) is 7. The second-order valence-corrected chi connectivity index (χ2v) is 11.4. The zero-order valence-electron chi connectivity index (χ0n) is 22.9. The average molecular weight is 536 g/mol. The van der Waals surface area contributed by atoms with Crippen LogP contribution >= 0.6 is 11.3 Å². The molecule has 2 aliphatic rings. The monoisotopic (exact) mass is 535 g/mol. The van der Waals surface area contributed by atoms with Crippen LogP contribution in [0.25, 0.3) is 10.1 Å². The predicted molar refractivity (Wildman–Crippen MR) is 156 cm³/mol. The van der Waals surface area contributed by atoms with Gasteiger partial charge in [0.2, 0.25) is 0 Å². The van der Waals surface area contributed by atoms with E-state index in [4.69, 9.17) is 4.74 Å². The first-order valence-electron chi connectivity index (χ1n) is 13.2. The Labute approximate surface area is 228 Å². The molecule has 1 N–H and O–H groups in total. The minimum absolute atomic E-state index is 0.0904. The Bertz CT molecular complexity index is 1320. The van der Waals surface area contributed by atoms with E-state index in [0.717, 1.165) is 53.2 Å². The molecule has 38 heavy (non-hydrogen) atoms. The van der Waals surface area contributed by atoms with Crippen molar-refractivity contribution < 1.29 is 14.3 Å². The van der Waals surface area contributed by atoms with Crippen molar-refractivity contribution in [2.75, 3.05) is 68.5 Å². The number of likely N-dealkylation sites (N-methyl/N-ethyl adjacent to an activating group) is 1. The Hall–Kier alpha value is -3.30. The van der Waals surface area contributed by atoms with Crippen molar-refractivity contribution in [1.29, 1.82) is 0 Å². The molecule has 2 aromatic carbocycles. The third-order valence-electron chi connectivity index (χ3n) is 8.03. The molecule has 0 bridgehead atoms. The van der Waals surface area contributed by atoms with Gasteiger partial charge in [-0.1, -0.05) is 0 Å². The fourth-order valence-corrected chi connectivity index (χ4v) is 6.47. The van der Waals surface area contributed by atoms with Crippen molar-refractivity contribution in [2.24, 2.45) is 0 Å². The van der Waals surface area contributed by atoms with Gasteiger partial charge in [0.1, 0.15) is 0 Å². The number of carbonyl (C=O) groups is 2. The van der Waals surface area contributed by atoms with Crippen LogP contribution in [0.4, 0.5) is 21.9 Å². The molecule has 2 amide bonds. The van der Waals surface area contributed by atoms with Crippen molar-refractivity contribution >= 4 is 50.5 Å². The normalized spacial score (nSPS) is 20.6. The van der Waals surface area contributed by atoms with E-state index in [1.54, 1.807) is 16.2 Å². The minimum atomic E-state index is -0.278. The van der Waals surface area contributed by atoms with Gasteiger partial charge in [-0.05, 0) is 69.8 Å². The number of nitrogens with one attached hydrogen (secondary N) is 1. The van der Waals surface area contributed by atoms with Crippen molar-refractivity contribution in [3.8, 4) is 0 Å². The maximum absolute atomic E-state index is 13.4. The maximum atomic E-state index is 13.4. The summed E-state index contributed by atoms with van der Waals surface area (Å²) in [6.45, 7) is 11.3. The average Bonchev–Trinajstić information content (AvgIpc) is 3.35. The third-order valence-corrected chi connectivity index (χ3v) is 9.00. The van der Waals surface area contributed by atoms with E-state index in [2.05, 4.69) is 72.1 Å². The third kappa shape index (κ3) is 5.17. The molecule has 2 fully saturated rings. The van der Waals surface area contributed by atoms with Crippen LogP contribution in [0.3, 0.4) is 0 Å². The number of anilines is 3. The van der Waals surface area contributed by atoms with E-state index >= 15 is 0 Å². The molecule has 0 radical (unpaired) electrons. The summed E-state index contributed by atoms with van der Waals surface area (Å²) < 4.78 is 5.96. The van der Waals surface area contributed by atoms with Gasteiger partial charge in [-0.15, -0.1) is 11.3 Å². The second kappa shape index (κ2) is 10.8. The van der Waals surface area contributed by atoms with Gasteiger partial charge in [0.25, 0.3) is 5.91 Å². The van der Waals surface area contributed by atoms with Gasteiger partial charge in [0.15, 0.2) is 0 Å². The molecule has 2 aliphatic heterocycles. The summed E-state index contributed by atoms with van der Waals surface area (Å²) in [5.74, 6) is -0.0904. The number of piperazine rings is 2. The minimum Gasteiger partial charge on any atom is -0.453 e. The first-order valence-corrected chi connectivity index (χ1v) is 14.1. The summed E-state index contributed by atoms with van der Waals surface area (Å²) in [7, 11) is 3.61. The van der Waals surface area contributed by atoms with Crippen LogP contribution < -0.4 is 15.1 Å². The van der Waals surface area contributed by atoms with Gasteiger partial charge in [-0.3, -0.25) is 9.69 Å². The van der Waals surface area contributed by atoms with Gasteiger partial charge in [0, 0.05) is 83.9 Å². The number of rotatable bonds is 4. The lowest BCUT2D eigenvalue weighted by molar-refractivity contribution is 0.102. The zero-order chi connectivity index (χ0) is 27.0. The van der Waals surface area contributed by atoms with E-state index in [9.17, 15) is 9.59 Å². The Balaban J connectivity index is 1.29. The summed E-state index contributed by atoms with van der Waals surface area (Å²) in [4.78, 5) is 34.0.